The van der Waals surface area contributed by atoms with Crippen LogP contribution < -0.4 is 5.32 Å². The van der Waals surface area contributed by atoms with Crippen LogP contribution in [0.3, 0.4) is 0 Å². The number of benzene rings is 4. The van der Waals surface area contributed by atoms with Crippen molar-refractivity contribution in [2.75, 3.05) is 5.32 Å². The number of hydrogen-bond donors (Lipinski definition) is 1. The van der Waals surface area contributed by atoms with Gasteiger partial charge in [0.1, 0.15) is 0 Å². The van der Waals surface area contributed by atoms with Crippen molar-refractivity contribution in [3.8, 4) is 22.3 Å². The molecule has 4 aromatic rings. The third kappa shape index (κ3) is 3.42. The smallest absolute Gasteiger partial charge is 0.0464 e. The molecule has 160 valence electrons. The maximum atomic E-state index is 3.74. The van der Waals surface area contributed by atoms with Gasteiger partial charge in [-0.05, 0) is 63.1 Å². The van der Waals surface area contributed by atoms with E-state index >= 15 is 0 Å². The summed E-state index contributed by atoms with van der Waals surface area (Å²) in [5, 5.41) is 3.74. The first kappa shape index (κ1) is 20.6. The van der Waals surface area contributed by atoms with Gasteiger partial charge in [0.2, 0.25) is 0 Å². The summed E-state index contributed by atoms with van der Waals surface area (Å²) in [6.07, 6.45) is 0. The van der Waals surface area contributed by atoms with Gasteiger partial charge in [-0.1, -0.05) is 101 Å². The highest BCUT2D eigenvalue weighted by Crippen LogP contribution is 2.49. The van der Waals surface area contributed by atoms with Gasteiger partial charge < -0.3 is 5.32 Å². The topological polar surface area (TPSA) is 12.0 Å². The minimum atomic E-state index is 0.00195. The van der Waals surface area contributed by atoms with Gasteiger partial charge in [0.25, 0.3) is 0 Å². The maximum Gasteiger partial charge on any atom is 0.0464 e. The Balaban J connectivity index is 1.58. The summed E-state index contributed by atoms with van der Waals surface area (Å²) in [5.74, 6) is 0. The normalized spacial score (nSPS) is 14.0. The molecule has 1 aliphatic rings. The zero-order valence-electron chi connectivity index (χ0n) is 19.7. The van der Waals surface area contributed by atoms with E-state index in [4.69, 9.17) is 0 Å². The van der Waals surface area contributed by atoms with Crippen molar-refractivity contribution in [1.82, 2.24) is 0 Å². The van der Waals surface area contributed by atoms with Crippen LogP contribution in [0.5, 0.6) is 0 Å². The van der Waals surface area contributed by atoms with Gasteiger partial charge in [0, 0.05) is 22.4 Å². The third-order valence-electron chi connectivity index (χ3n) is 6.83. The van der Waals surface area contributed by atoms with Crippen molar-refractivity contribution >= 4 is 11.4 Å². The molecule has 0 atom stereocenters. The van der Waals surface area contributed by atoms with E-state index in [0.29, 0.717) is 0 Å². The van der Waals surface area contributed by atoms with E-state index in [0.717, 1.165) is 11.4 Å². The summed E-state index contributed by atoms with van der Waals surface area (Å²) in [6.45, 7) is 11.5. The van der Waals surface area contributed by atoms with Gasteiger partial charge in [-0.3, -0.25) is 0 Å². The van der Waals surface area contributed by atoms with Crippen LogP contribution in [-0.2, 0) is 10.8 Å². The Morgan fingerprint density at radius 3 is 2.06 bits per heavy atom. The summed E-state index contributed by atoms with van der Waals surface area (Å²) >= 11 is 0. The molecule has 0 bridgehead atoms. The van der Waals surface area contributed by atoms with Crippen LogP contribution in [0.25, 0.3) is 22.3 Å². The summed E-state index contributed by atoms with van der Waals surface area (Å²) in [7, 11) is 0. The van der Waals surface area contributed by atoms with Crippen LogP contribution in [0.4, 0.5) is 11.4 Å². The lowest BCUT2D eigenvalue weighted by Gasteiger charge is -2.23. The zero-order chi connectivity index (χ0) is 22.5. The van der Waals surface area contributed by atoms with E-state index in [9.17, 15) is 0 Å². The van der Waals surface area contributed by atoms with E-state index < -0.39 is 0 Å². The third-order valence-corrected chi connectivity index (χ3v) is 6.83. The Morgan fingerprint density at radius 2 is 1.31 bits per heavy atom. The highest BCUT2D eigenvalue weighted by molar-refractivity contribution is 5.85. The average molecular weight is 418 g/mol. The lowest BCUT2D eigenvalue weighted by atomic mass is 9.82. The molecule has 1 aliphatic carbocycles. The van der Waals surface area contributed by atoms with Crippen LogP contribution in [0.15, 0.2) is 91.0 Å². The van der Waals surface area contributed by atoms with Gasteiger partial charge in [0.15, 0.2) is 0 Å². The molecular weight excluding hydrogens is 386 g/mol. The van der Waals surface area contributed by atoms with Crippen molar-refractivity contribution in [2.24, 2.45) is 0 Å². The van der Waals surface area contributed by atoms with Crippen LogP contribution in [0.1, 0.15) is 51.3 Å². The van der Waals surface area contributed by atoms with E-state index in [1.54, 1.807) is 0 Å². The van der Waals surface area contributed by atoms with Gasteiger partial charge in [-0.2, -0.15) is 0 Å². The molecule has 0 amide bonds. The summed E-state index contributed by atoms with van der Waals surface area (Å²) in [6, 6.07) is 33.1. The Hall–Kier alpha value is -3.32. The van der Waals surface area contributed by atoms with Crippen LogP contribution in [-0.4, -0.2) is 0 Å². The van der Waals surface area contributed by atoms with E-state index in [1.165, 1.54) is 38.9 Å². The number of fused-ring (bicyclic) bond motifs is 3. The molecule has 0 saturated heterocycles. The lowest BCUT2D eigenvalue weighted by Crippen LogP contribution is -2.15. The molecule has 32 heavy (non-hydrogen) atoms. The Kier molecular flexibility index (Phi) is 4.74. The minimum absolute atomic E-state index is 0.00195. The van der Waals surface area contributed by atoms with Gasteiger partial charge in [-0.15, -0.1) is 0 Å². The summed E-state index contributed by atoms with van der Waals surface area (Å²) in [4.78, 5) is 0. The fraction of sp³-hybridized carbons (Fsp3) is 0.226. The molecule has 0 unspecified atom stereocenters. The molecule has 0 aliphatic heterocycles. The Labute approximate surface area is 192 Å². The molecule has 1 N–H and O–H groups in total. The standard InChI is InChI=1S/C31H31N/c1-30(2,3)22-15-18-29(26(19-22)21-11-7-6-8-12-21)32-23-16-17-25-24-13-9-10-14-27(24)31(4,5)28(25)20-23/h6-20,32H,1-5H3. The highest BCUT2D eigenvalue weighted by atomic mass is 14.9. The fourth-order valence-corrected chi connectivity index (χ4v) is 4.91. The van der Waals surface area contributed by atoms with Crippen molar-refractivity contribution in [3.05, 3.63) is 108 Å². The van der Waals surface area contributed by atoms with Gasteiger partial charge >= 0.3 is 0 Å². The van der Waals surface area contributed by atoms with E-state index in [-0.39, 0.29) is 10.8 Å². The molecule has 0 heterocycles. The second kappa shape index (κ2) is 7.38. The highest BCUT2D eigenvalue weighted by Gasteiger charge is 2.35. The number of hydrogen-bond acceptors (Lipinski definition) is 1. The molecule has 0 spiro atoms. The van der Waals surface area contributed by atoms with Crippen molar-refractivity contribution in [1.29, 1.82) is 0 Å². The zero-order valence-corrected chi connectivity index (χ0v) is 19.7. The molecule has 4 aromatic carbocycles. The quantitative estimate of drug-likeness (QED) is 0.351. The number of anilines is 2. The van der Waals surface area contributed by atoms with Crippen LogP contribution in [0.2, 0.25) is 0 Å². The lowest BCUT2D eigenvalue weighted by molar-refractivity contribution is 0.590. The predicted molar refractivity (Wildman–Crippen MR) is 138 cm³/mol. The number of rotatable bonds is 3. The van der Waals surface area contributed by atoms with Gasteiger partial charge in [-0.25, -0.2) is 0 Å². The molecule has 1 heteroatoms. The first-order chi connectivity index (χ1) is 15.2. The van der Waals surface area contributed by atoms with Crippen molar-refractivity contribution in [3.63, 3.8) is 0 Å². The molecule has 0 saturated carbocycles. The van der Waals surface area contributed by atoms with Crippen molar-refractivity contribution in [2.45, 2.75) is 45.4 Å². The fourth-order valence-electron chi connectivity index (χ4n) is 4.91. The number of nitrogens with one attached hydrogen (secondary N) is 1. The molecule has 1 nitrogen and oxygen atoms in total. The van der Waals surface area contributed by atoms with Crippen LogP contribution in [0, 0.1) is 0 Å². The minimum Gasteiger partial charge on any atom is -0.355 e. The molecule has 5 rings (SSSR count). The Bertz CT molecular complexity index is 1290. The SMILES string of the molecule is CC(C)(C)c1ccc(Nc2ccc3c(c2)C(C)(C)c2ccccc2-3)c(-c2ccccc2)c1. The second-order valence-corrected chi connectivity index (χ2v) is 10.4. The molecule has 0 radical (unpaired) electrons. The van der Waals surface area contributed by atoms with E-state index in [1.807, 2.05) is 0 Å². The predicted octanol–water partition coefficient (Wildman–Crippen LogP) is 8.70. The maximum absolute atomic E-state index is 3.74. The second-order valence-electron chi connectivity index (χ2n) is 10.4. The molecule has 0 aromatic heterocycles. The van der Waals surface area contributed by atoms with Crippen LogP contribution >= 0.6 is 0 Å². The summed E-state index contributed by atoms with van der Waals surface area (Å²) < 4.78 is 0. The van der Waals surface area contributed by atoms with Crippen molar-refractivity contribution < 1.29 is 0 Å². The average Bonchev–Trinajstić information content (AvgIpc) is 3.01. The van der Waals surface area contributed by atoms with E-state index in [2.05, 4.69) is 131 Å². The van der Waals surface area contributed by atoms with Gasteiger partial charge in [0.05, 0.1) is 0 Å². The Morgan fingerprint density at radius 1 is 0.625 bits per heavy atom. The molecular formula is C31H31N. The monoisotopic (exact) mass is 417 g/mol. The molecule has 0 fully saturated rings. The summed E-state index contributed by atoms with van der Waals surface area (Å²) in [5.41, 5.74) is 11.7. The first-order valence-electron chi connectivity index (χ1n) is 11.5. The first-order valence-corrected chi connectivity index (χ1v) is 11.5. The largest absolute Gasteiger partial charge is 0.355 e.